The van der Waals surface area contributed by atoms with Crippen molar-refractivity contribution in [3.05, 3.63) is 0 Å². The van der Waals surface area contributed by atoms with Crippen LogP contribution in [-0.2, 0) is 18.6 Å². The Labute approximate surface area is 93.2 Å². The van der Waals surface area contributed by atoms with Crippen molar-refractivity contribution < 1.29 is 18.6 Å². The van der Waals surface area contributed by atoms with Crippen molar-refractivity contribution in [3.8, 4) is 0 Å². The van der Waals surface area contributed by atoms with Crippen LogP contribution in [0.25, 0.3) is 0 Å². The molecular weight excluding hydrogens is 215 g/mol. The summed E-state index contributed by atoms with van der Waals surface area (Å²) in [5.41, 5.74) is 0. The van der Waals surface area contributed by atoms with E-state index in [1.807, 2.05) is 20.8 Å². The third-order valence-electron chi connectivity index (χ3n) is 1.83. The van der Waals surface area contributed by atoms with Crippen LogP contribution in [0.4, 0.5) is 0 Å². The summed E-state index contributed by atoms with van der Waals surface area (Å²) in [7, 11) is -1.83. The number of hydrogen-bond acceptors (Lipinski definition) is 4. The van der Waals surface area contributed by atoms with Crippen molar-refractivity contribution in [1.29, 1.82) is 0 Å². The first-order chi connectivity index (χ1) is 7.24. The van der Waals surface area contributed by atoms with Gasteiger partial charge in [0.1, 0.15) is 0 Å². The first kappa shape index (κ1) is 15.1. The molecule has 0 aliphatic carbocycles. The van der Waals surface area contributed by atoms with Gasteiger partial charge in [-0.1, -0.05) is 0 Å². The highest BCUT2D eigenvalue weighted by atomic mass is 31.1. The average molecular weight is 238 g/mol. The van der Waals surface area contributed by atoms with Gasteiger partial charge in [0.05, 0.1) is 6.61 Å². The zero-order valence-electron chi connectivity index (χ0n) is 9.95. The second-order valence-corrected chi connectivity index (χ2v) is 4.57. The second kappa shape index (κ2) is 10.6. The maximum Gasteiger partial charge on any atom is 0.191 e. The predicted octanol–water partition coefficient (Wildman–Crippen LogP) is 2.68. The monoisotopic (exact) mass is 238 g/mol. The molecule has 0 aromatic carbocycles. The molecule has 1 atom stereocenters. The minimum Gasteiger partial charge on any atom is -0.353 e. The molecule has 0 saturated carbocycles. The molecule has 15 heavy (non-hydrogen) atoms. The molecule has 0 aliphatic heterocycles. The largest absolute Gasteiger partial charge is 0.353 e. The Morgan fingerprint density at radius 2 is 1.67 bits per heavy atom. The van der Waals surface area contributed by atoms with Gasteiger partial charge in [-0.25, -0.2) is 0 Å². The van der Waals surface area contributed by atoms with Gasteiger partial charge in [-0.3, -0.25) is 4.57 Å². The molecule has 0 fully saturated rings. The van der Waals surface area contributed by atoms with Crippen molar-refractivity contribution in [2.45, 2.75) is 39.9 Å². The predicted molar refractivity (Wildman–Crippen MR) is 61.8 cm³/mol. The molecule has 0 radical (unpaired) electrons. The summed E-state index contributed by atoms with van der Waals surface area (Å²) >= 11 is 0. The van der Waals surface area contributed by atoms with E-state index in [2.05, 4.69) is 0 Å². The molecular formula is C10H23O4P. The maximum atomic E-state index is 11.2. The molecule has 0 bridgehead atoms. The first-order valence-electron chi connectivity index (χ1n) is 5.63. The van der Waals surface area contributed by atoms with E-state index in [0.717, 1.165) is 12.8 Å². The van der Waals surface area contributed by atoms with Crippen LogP contribution in [0.5, 0.6) is 0 Å². The Balaban J connectivity index is 3.55. The normalized spacial score (nSPS) is 13.3. The van der Waals surface area contributed by atoms with Gasteiger partial charge in [0.2, 0.25) is 0 Å². The highest BCUT2D eigenvalue weighted by molar-refractivity contribution is 7.39. The van der Waals surface area contributed by atoms with Crippen LogP contribution in [0.1, 0.15) is 33.6 Å². The number of hydrogen-bond donors (Lipinski definition) is 0. The molecule has 0 aliphatic rings. The minimum atomic E-state index is -1.83. The summed E-state index contributed by atoms with van der Waals surface area (Å²) in [6.07, 6.45) is 2.07. The highest BCUT2D eigenvalue weighted by Crippen LogP contribution is 2.23. The highest BCUT2D eigenvalue weighted by Gasteiger charge is 2.08. The van der Waals surface area contributed by atoms with Crippen molar-refractivity contribution in [2.75, 3.05) is 26.0 Å². The van der Waals surface area contributed by atoms with Crippen molar-refractivity contribution in [1.82, 2.24) is 0 Å². The number of rotatable bonds is 10. The topological polar surface area (TPSA) is 44.8 Å². The van der Waals surface area contributed by atoms with Crippen LogP contribution in [0.3, 0.4) is 0 Å². The van der Waals surface area contributed by atoms with Gasteiger partial charge in [-0.15, -0.1) is 0 Å². The SMILES string of the molecule is CCOC(CCC[PH](=O)OCC)OCC. The summed E-state index contributed by atoms with van der Waals surface area (Å²) in [6, 6.07) is 0. The van der Waals surface area contributed by atoms with E-state index in [0.29, 0.717) is 26.0 Å². The van der Waals surface area contributed by atoms with Crippen LogP contribution in [0.15, 0.2) is 0 Å². The van der Waals surface area contributed by atoms with E-state index in [-0.39, 0.29) is 6.29 Å². The Morgan fingerprint density at radius 1 is 1.07 bits per heavy atom. The maximum absolute atomic E-state index is 11.2. The zero-order chi connectivity index (χ0) is 11.5. The molecule has 0 heterocycles. The van der Waals surface area contributed by atoms with Crippen molar-refractivity contribution >= 4 is 8.03 Å². The van der Waals surface area contributed by atoms with Gasteiger partial charge in [-0.05, 0) is 33.6 Å². The van der Waals surface area contributed by atoms with Crippen LogP contribution in [-0.4, -0.2) is 32.3 Å². The summed E-state index contributed by atoms with van der Waals surface area (Å²) < 4.78 is 27.0. The van der Waals surface area contributed by atoms with Crippen LogP contribution < -0.4 is 0 Å². The molecule has 0 aromatic heterocycles. The Kier molecular flexibility index (Phi) is 10.7. The Bertz CT molecular complexity index is 158. The Morgan fingerprint density at radius 3 is 2.13 bits per heavy atom. The summed E-state index contributed by atoms with van der Waals surface area (Å²) in [4.78, 5) is 0. The molecule has 0 N–H and O–H groups in total. The van der Waals surface area contributed by atoms with Gasteiger partial charge < -0.3 is 14.0 Å². The fraction of sp³-hybridized carbons (Fsp3) is 1.00. The fourth-order valence-electron chi connectivity index (χ4n) is 1.23. The van der Waals surface area contributed by atoms with E-state index >= 15 is 0 Å². The summed E-state index contributed by atoms with van der Waals surface area (Å²) in [5, 5.41) is 0. The third-order valence-corrected chi connectivity index (χ3v) is 3.20. The molecule has 5 heteroatoms. The van der Waals surface area contributed by atoms with Crippen molar-refractivity contribution in [3.63, 3.8) is 0 Å². The minimum absolute atomic E-state index is 0.156. The van der Waals surface area contributed by atoms with Gasteiger partial charge >= 0.3 is 0 Å². The average Bonchev–Trinajstić information content (AvgIpc) is 2.19. The molecule has 0 spiro atoms. The lowest BCUT2D eigenvalue weighted by Crippen LogP contribution is -2.17. The lowest BCUT2D eigenvalue weighted by atomic mass is 10.3. The second-order valence-electron chi connectivity index (χ2n) is 3.04. The zero-order valence-corrected chi connectivity index (χ0v) is 11.0. The van der Waals surface area contributed by atoms with Crippen LogP contribution in [0.2, 0.25) is 0 Å². The van der Waals surface area contributed by atoms with E-state index in [1.165, 1.54) is 0 Å². The molecule has 92 valence electrons. The Hall–Kier alpha value is 0.110. The lowest BCUT2D eigenvalue weighted by Gasteiger charge is -2.16. The van der Waals surface area contributed by atoms with Gasteiger partial charge in [0.15, 0.2) is 14.3 Å². The van der Waals surface area contributed by atoms with Gasteiger partial charge in [-0.2, -0.15) is 0 Å². The first-order valence-corrected chi connectivity index (χ1v) is 7.15. The van der Waals surface area contributed by atoms with E-state index < -0.39 is 8.03 Å². The van der Waals surface area contributed by atoms with E-state index in [9.17, 15) is 4.57 Å². The molecule has 0 amide bonds. The van der Waals surface area contributed by atoms with Crippen molar-refractivity contribution in [2.24, 2.45) is 0 Å². The molecule has 0 saturated heterocycles. The van der Waals surface area contributed by atoms with Crippen LogP contribution in [0, 0.1) is 0 Å². The fourth-order valence-corrected chi connectivity index (χ4v) is 2.19. The molecule has 0 rings (SSSR count). The molecule has 4 nitrogen and oxygen atoms in total. The molecule has 0 aromatic rings. The quantitative estimate of drug-likeness (QED) is 0.433. The summed E-state index contributed by atoms with van der Waals surface area (Å²) in [5.74, 6) is 0. The van der Waals surface area contributed by atoms with Gasteiger partial charge in [0, 0.05) is 19.4 Å². The van der Waals surface area contributed by atoms with Gasteiger partial charge in [0.25, 0.3) is 0 Å². The van der Waals surface area contributed by atoms with E-state index in [4.69, 9.17) is 14.0 Å². The van der Waals surface area contributed by atoms with Crippen LogP contribution >= 0.6 is 8.03 Å². The smallest absolute Gasteiger partial charge is 0.191 e. The summed E-state index contributed by atoms with van der Waals surface area (Å²) in [6.45, 7) is 7.55. The standard InChI is InChI=1S/C10H23O4P/c1-4-12-10(13-5-2)8-7-9-15(11)14-6-3/h10,15H,4-9H2,1-3H3. The van der Waals surface area contributed by atoms with E-state index in [1.54, 1.807) is 0 Å². The molecule has 1 unspecified atom stereocenters. The third kappa shape index (κ3) is 9.06. The number of ether oxygens (including phenoxy) is 2. The lowest BCUT2D eigenvalue weighted by molar-refractivity contribution is -0.139.